The quantitative estimate of drug-likeness (QED) is 0.487. The third kappa shape index (κ3) is 4.16. The van der Waals surface area contributed by atoms with E-state index in [4.69, 9.17) is 25.8 Å². The number of rotatable bonds is 5. The lowest BCUT2D eigenvalue weighted by Crippen LogP contribution is -2.09. The highest BCUT2D eigenvalue weighted by molar-refractivity contribution is 9.10. The van der Waals surface area contributed by atoms with Gasteiger partial charge in [0.1, 0.15) is 28.0 Å². The summed E-state index contributed by atoms with van der Waals surface area (Å²) in [5.74, 6) is 0.512. The molecule has 26 heavy (non-hydrogen) atoms. The van der Waals surface area contributed by atoms with Crippen LogP contribution in [-0.4, -0.2) is 12.8 Å². The summed E-state index contributed by atoms with van der Waals surface area (Å²) in [6.45, 7) is 0. The first-order valence-corrected chi connectivity index (χ1v) is 10.3. The molecule has 1 heterocycles. The van der Waals surface area contributed by atoms with Crippen LogP contribution in [0.1, 0.15) is 5.56 Å². The van der Waals surface area contributed by atoms with E-state index in [1.165, 1.54) is 36.4 Å². The molecule has 0 N–H and O–H groups in total. The van der Waals surface area contributed by atoms with Gasteiger partial charge in [-0.05, 0) is 48.5 Å². The average Bonchev–Trinajstić information content (AvgIpc) is 2.96. The summed E-state index contributed by atoms with van der Waals surface area (Å²) in [7, 11) is -3.94. The number of hydrogen-bond donors (Lipinski definition) is 0. The smallest absolute Gasteiger partial charge is 0.339 e. The summed E-state index contributed by atoms with van der Waals surface area (Å²) in [4.78, 5) is 0.0407. The molecule has 0 aliphatic carbocycles. The number of halogens is 2. The number of nitrogens with zero attached hydrogens (tertiary/aromatic N) is 2. The second-order valence-electron chi connectivity index (χ2n) is 4.81. The van der Waals surface area contributed by atoms with Crippen molar-refractivity contribution in [2.45, 2.75) is 4.90 Å². The van der Waals surface area contributed by atoms with Gasteiger partial charge < -0.3 is 8.92 Å². The van der Waals surface area contributed by atoms with E-state index in [-0.39, 0.29) is 26.4 Å². The van der Waals surface area contributed by atoms with Gasteiger partial charge in [0.2, 0.25) is 5.06 Å². The zero-order valence-electron chi connectivity index (χ0n) is 12.7. The first-order chi connectivity index (χ1) is 12.4. The van der Waals surface area contributed by atoms with Gasteiger partial charge in [-0.2, -0.15) is 18.1 Å². The molecule has 0 spiro atoms. The van der Waals surface area contributed by atoms with Crippen LogP contribution in [0.25, 0.3) is 0 Å². The maximum Gasteiger partial charge on any atom is 0.339 e. The molecule has 0 fully saturated rings. The van der Waals surface area contributed by atoms with Crippen molar-refractivity contribution in [1.82, 2.24) is 4.37 Å². The average molecular weight is 472 g/mol. The molecule has 2 aromatic carbocycles. The Balaban J connectivity index is 1.75. The Kier molecular flexibility index (Phi) is 5.48. The van der Waals surface area contributed by atoms with Gasteiger partial charge >= 0.3 is 10.1 Å². The number of aromatic nitrogens is 1. The monoisotopic (exact) mass is 470 g/mol. The highest BCUT2D eigenvalue weighted by Crippen LogP contribution is 2.34. The topological polar surface area (TPSA) is 89.3 Å². The van der Waals surface area contributed by atoms with Crippen LogP contribution in [0.2, 0.25) is 5.15 Å². The molecule has 132 valence electrons. The Morgan fingerprint density at radius 1 is 1.08 bits per heavy atom. The van der Waals surface area contributed by atoms with Crippen molar-refractivity contribution in [1.29, 1.82) is 5.26 Å². The van der Waals surface area contributed by atoms with Crippen molar-refractivity contribution in [3.05, 3.63) is 63.7 Å². The largest absolute Gasteiger partial charge is 0.444 e. The summed E-state index contributed by atoms with van der Waals surface area (Å²) in [5.41, 5.74) is 0.148. The molecule has 0 radical (unpaired) electrons. The molecule has 0 unspecified atom stereocenters. The summed E-state index contributed by atoms with van der Waals surface area (Å²) < 4.78 is 39.7. The molecule has 0 saturated heterocycles. The molecule has 3 aromatic rings. The molecule has 0 aliphatic rings. The van der Waals surface area contributed by atoms with E-state index in [9.17, 15) is 8.42 Å². The summed E-state index contributed by atoms with van der Waals surface area (Å²) >= 11 is 9.98. The molecular weight excluding hydrogens is 464 g/mol. The third-order valence-corrected chi connectivity index (χ3v) is 5.96. The van der Waals surface area contributed by atoms with Crippen molar-refractivity contribution >= 4 is 49.2 Å². The van der Waals surface area contributed by atoms with Crippen LogP contribution in [0, 0.1) is 11.3 Å². The third-order valence-electron chi connectivity index (χ3n) is 3.07. The van der Waals surface area contributed by atoms with Gasteiger partial charge in [-0.1, -0.05) is 27.5 Å². The minimum absolute atomic E-state index is 0.0407. The Morgan fingerprint density at radius 2 is 1.69 bits per heavy atom. The predicted molar refractivity (Wildman–Crippen MR) is 100 cm³/mol. The van der Waals surface area contributed by atoms with E-state index in [1.807, 2.05) is 6.07 Å². The minimum Gasteiger partial charge on any atom is -0.444 e. The Morgan fingerprint density at radius 3 is 2.31 bits per heavy atom. The molecule has 0 aliphatic heterocycles. The molecule has 10 heteroatoms. The van der Waals surface area contributed by atoms with E-state index in [1.54, 1.807) is 12.1 Å². The molecule has 1 aromatic heterocycles. The SMILES string of the molecule is N#Cc1c(Cl)nsc1Oc1ccc(OS(=O)(=O)c2ccc(Br)cc2)cc1. The van der Waals surface area contributed by atoms with E-state index in [0.29, 0.717) is 5.75 Å². The predicted octanol–water partition coefficient (Wildman–Crippen LogP) is 4.99. The minimum atomic E-state index is -3.94. The van der Waals surface area contributed by atoms with E-state index in [0.717, 1.165) is 16.0 Å². The van der Waals surface area contributed by atoms with Crippen LogP contribution in [0.5, 0.6) is 16.6 Å². The van der Waals surface area contributed by atoms with Crippen LogP contribution in [0.4, 0.5) is 0 Å². The van der Waals surface area contributed by atoms with Crippen molar-refractivity contribution < 1.29 is 17.3 Å². The summed E-state index contributed by atoms with van der Waals surface area (Å²) in [5, 5.41) is 9.36. The van der Waals surface area contributed by atoms with Crippen LogP contribution in [-0.2, 0) is 10.1 Å². The van der Waals surface area contributed by atoms with Crippen LogP contribution in [0.15, 0.2) is 57.9 Å². The molecule has 3 rings (SSSR count). The van der Waals surface area contributed by atoms with Gasteiger partial charge in [-0.15, -0.1) is 0 Å². The number of benzene rings is 2. The zero-order chi connectivity index (χ0) is 18.7. The fourth-order valence-corrected chi connectivity index (χ4v) is 3.97. The molecule has 0 atom stereocenters. The van der Waals surface area contributed by atoms with Gasteiger partial charge in [0.05, 0.1) is 0 Å². The van der Waals surface area contributed by atoms with E-state index >= 15 is 0 Å². The van der Waals surface area contributed by atoms with Gasteiger partial charge in [-0.3, -0.25) is 0 Å². The number of ether oxygens (including phenoxy) is 1. The molecular formula is C16H8BrClN2O4S2. The second kappa shape index (κ2) is 7.63. The van der Waals surface area contributed by atoms with Crippen LogP contribution >= 0.6 is 39.1 Å². The van der Waals surface area contributed by atoms with E-state index < -0.39 is 10.1 Å². The normalized spacial score (nSPS) is 11.0. The fourth-order valence-electron chi connectivity index (χ4n) is 1.86. The van der Waals surface area contributed by atoms with Crippen LogP contribution < -0.4 is 8.92 Å². The first kappa shape index (κ1) is 18.7. The van der Waals surface area contributed by atoms with Gasteiger partial charge in [0.15, 0.2) is 5.15 Å². The lowest BCUT2D eigenvalue weighted by atomic mass is 10.3. The number of hydrogen-bond acceptors (Lipinski definition) is 7. The highest BCUT2D eigenvalue weighted by Gasteiger charge is 2.17. The van der Waals surface area contributed by atoms with Gasteiger partial charge in [0, 0.05) is 16.0 Å². The highest BCUT2D eigenvalue weighted by atomic mass is 79.9. The van der Waals surface area contributed by atoms with Gasteiger partial charge in [0.25, 0.3) is 0 Å². The van der Waals surface area contributed by atoms with Crippen LogP contribution in [0.3, 0.4) is 0 Å². The summed E-state index contributed by atoms with van der Waals surface area (Å²) in [6.07, 6.45) is 0. The maximum atomic E-state index is 12.2. The number of nitriles is 1. The van der Waals surface area contributed by atoms with Crippen molar-refractivity contribution in [3.8, 4) is 22.6 Å². The Hall–Kier alpha value is -2.12. The molecule has 0 amide bonds. The Bertz CT molecular complexity index is 1070. The molecule has 6 nitrogen and oxygen atoms in total. The lowest BCUT2D eigenvalue weighted by Gasteiger charge is -2.08. The second-order valence-corrected chi connectivity index (χ2v) is 8.37. The molecule has 0 bridgehead atoms. The van der Waals surface area contributed by atoms with Gasteiger partial charge in [-0.25, -0.2) is 0 Å². The lowest BCUT2D eigenvalue weighted by molar-refractivity contribution is 0.479. The first-order valence-electron chi connectivity index (χ1n) is 6.92. The zero-order valence-corrected chi connectivity index (χ0v) is 16.7. The van der Waals surface area contributed by atoms with E-state index in [2.05, 4.69) is 20.3 Å². The summed E-state index contributed by atoms with van der Waals surface area (Å²) in [6, 6.07) is 13.9. The fraction of sp³-hybridized carbons (Fsp3) is 0. The molecule has 0 saturated carbocycles. The van der Waals surface area contributed by atoms with Crippen molar-refractivity contribution in [3.63, 3.8) is 0 Å². The maximum absolute atomic E-state index is 12.2. The standard InChI is InChI=1S/C16H8BrClN2O4S2/c17-10-1-7-13(8-2-10)26(21,22)24-12-5-3-11(4-6-12)23-16-14(9-19)15(18)20-25-16/h1-8H. The Labute approximate surface area is 167 Å². The van der Waals surface area contributed by atoms with Crippen molar-refractivity contribution in [2.75, 3.05) is 0 Å². The van der Waals surface area contributed by atoms with Crippen molar-refractivity contribution in [2.24, 2.45) is 0 Å².